The zero-order valence-electron chi connectivity index (χ0n) is 18.5. The van der Waals surface area contributed by atoms with Gasteiger partial charge in [0.25, 0.3) is 11.5 Å². The van der Waals surface area contributed by atoms with E-state index in [2.05, 4.69) is 10.3 Å². The molecule has 4 aromatic rings. The molecule has 4 rings (SSSR count). The molecule has 0 aliphatic rings. The molecule has 0 bridgehead atoms. The molecular formula is C25H21ClF3N3O2. The first-order valence-electron chi connectivity index (χ1n) is 10.4. The van der Waals surface area contributed by atoms with E-state index in [0.717, 1.165) is 16.7 Å². The molecule has 2 aromatic heterocycles. The Morgan fingerprint density at radius 1 is 1.03 bits per heavy atom. The number of benzene rings is 2. The number of alkyl halides is 3. The fraction of sp³-hybridized carbons (Fsp3) is 0.200. The Hall–Kier alpha value is -3.52. The Balaban J connectivity index is 2.11. The molecule has 0 saturated carbocycles. The Morgan fingerprint density at radius 3 is 2.32 bits per heavy atom. The lowest BCUT2D eigenvalue weighted by Crippen LogP contribution is -2.43. The molecule has 0 unspecified atom stereocenters. The van der Waals surface area contributed by atoms with Crippen molar-refractivity contribution in [2.45, 2.75) is 32.5 Å². The van der Waals surface area contributed by atoms with Crippen LogP contribution in [0.2, 0.25) is 5.02 Å². The fourth-order valence-corrected chi connectivity index (χ4v) is 3.92. The van der Waals surface area contributed by atoms with Crippen molar-refractivity contribution in [3.8, 4) is 16.8 Å². The van der Waals surface area contributed by atoms with Crippen LogP contribution >= 0.6 is 11.6 Å². The summed E-state index contributed by atoms with van der Waals surface area (Å²) in [5.74, 6) is -0.600. The van der Waals surface area contributed by atoms with Gasteiger partial charge in [0, 0.05) is 22.1 Å². The van der Waals surface area contributed by atoms with Gasteiger partial charge in [-0.15, -0.1) is 0 Å². The van der Waals surface area contributed by atoms with Crippen molar-refractivity contribution < 1.29 is 18.0 Å². The molecule has 2 N–H and O–H groups in total. The van der Waals surface area contributed by atoms with Gasteiger partial charge in [0.05, 0.1) is 22.3 Å². The number of nitrogens with zero attached hydrogens (tertiary/aromatic N) is 1. The summed E-state index contributed by atoms with van der Waals surface area (Å²) in [6.07, 6.45) is -3.04. The van der Waals surface area contributed by atoms with Crippen molar-refractivity contribution in [2.24, 2.45) is 0 Å². The van der Waals surface area contributed by atoms with Crippen molar-refractivity contribution in [1.29, 1.82) is 0 Å². The summed E-state index contributed by atoms with van der Waals surface area (Å²) in [6, 6.07) is 12.5. The molecule has 1 amide bonds. The lowest BCUT2D eigenvalue weighted by atomic mass is 10.0. The number of fused-ring (bicyclic) bond motifs is 1. The van der Waals surface area contributed by atoms with Crippen LogP contribution in [-0.2, 0) is 6.18 Å². The van der Waals surface area contributed by atoms with E-state index >= 15 is 0 Å². The van der Waals surface area contributed by atoms with Crippen LogP contribution in [0, 0.1) is 0 Å². The number of carbonyl (C=O) groups is 1. The average molecular weight is 488 g/mol. The number of rotatable bonds is 3. The number of pyridine rings is 1. The highest BCUT2D eigenvalue weighted by molar-refractivity contribution is 6.30. The zero-order valence-corrected chi connectivity index (χ0v) is 19.3. The normalized spacial score (nSPS) is 12.2. The third kappa shape index (κ3) is 4.46. The first-order valence-corrected chi connectivity index (χ1v) is 10.8. The Morgan fingerprint density at radius 2 is 1.71 bits per heavy atom. The zero-order chi connectivity index (χ0) is 24.8. The molecule has 0 fully saturated rings. The number of H-pyrrole nitrogens is 1. The molecule has 0 aliphatic carbocycles. The summed E-state index contributed by atoms with van der Waals surface area (Å²) in [4.78, 5) is 30.2. The molecule has 0 spiro atoms. The van der Waals surface area contributed by atoms with Gasteiger partial charge in [0.2, 0.25) is 0 Å². The summed E-state index contributed by atoms with van der Waals surface area (Å²) in [5.41, 5.74) is -1.31. The highest BCUT2D eigenvalue weighted by atomic mass is 35.5. The van der Waals surface area contributed by atoms with E-state index < -0.39 is 28.7 Å². The van der Waals surface area contributed by atoms with Crippen molar-refractivity contribution in [2.75, 3.05) is 0 Å². The molecule has 2 aromatic carbocycles. The third-order valence-corrected chi connectivity index (χ3v) is 5.41. The minimum atomic E-state index is -4.62. The van der Waals surface area contributed by atoms with E-state index in [1.807, 2.05) is 0 Å². The molecule has 0 aliphatic heterocycles. The van der Waals surface area contributed by atoms with Crippen LogP contribution in [0.3, 0.4) is 0 Å². The van der Waals surface area contributed by atoms with Gasteiger partial charge in [0.15, 0.2) is 0 Å². The number of aromatic amines is 1. The lowest BCUT2D eigenvalue weighted by Gasteiger charge is -2.23. The fourth-order valence-electron chi connectivity index (χ4n) is 3.79. The first-order chi connectivity index (χ1) is 15.9. The predicted molar refractivity (Wildman–Crippen MR) is 127 cm³/mol. The minimum Gasteiger partial charge on any atom is -0.359 e. The number of hydrogen-bond acceptors (Lipinski definition) is 2. The number of amides is 1. The minimum absolute atomic E-state index is 0.0782. The topological polar surface area (TPSA) is 66.9 Å². The molecule has 0 saturated heterocycles. The van der Waals surface area contributed by atoms with Crippen LogP contribution in [0.25, 0.3) is 27.7 Å². The van der Waals surface area contributed by atoms with E-state index in [9.17, 15) is 22.8 Å². The molecular weight excluding hydrogens is 467 g/mol. The Kier molecular flexibility index (Phi) is 5.81. The average Bonchev–Trinajstić information content (AvgIpc) is 3.21. The summed E-state index contributed by atoms with van der Waals surface area (Å²) >= 11 is 6.00. The molecule has 0 radical (unpaired) electrons. The van der Waals surface area contributed by atoms with Crippen LogP contribution < -0.4 is 10.9 Å². The van der Waals surface area contributed by atoms with Crippen molar-refractivity contribution in [1.82, 2.24) is 14.9 Å². The predicted octanol–water partition coefficient (Wildman–Crippen LogP) is 6.19. The largest absolute Gasteiger partial charge is 0.416 e. The van der Waals surface area contributed by atoms with Gasteiger partial charge in [-0.3, -0.25) is 14.2 Å². The Bertz CT molecular complexity index is 1450. The van der Waals surface area contributed by atoms with Crippen LogP contribution in [0.4, 0.5) is 13.2 Å². The maximum atomic E-state index is 13.9. The lowest BCUT2D eigenvalue weighted by molar-refractivity contribution is -0.137. The number of halogens is 4. The molecule has 0 atom stereocenters. The van der Waals surface area contributed by atoms with Gasteiger partial charge in [-0.25, -0.2) is 0 Å². The van der Waals surface area contributed by atoms with E-state index in [1.54, 1.807) is 57.3 Å². The third-order valence-electron chi connectivity index (χ3n) is 5.16. The Labute approximate surface area is 198 Å². The highest BCUT2D eigenvalue weighted by Crippen LogP contribution is 2.33. The van der Waals surface area contributed by atoms with E-state index in [1.165, 1.54) is 12.1 Å². The number of hydrogen-bond donors (Lipinski definition) is 2. The van der Waals surface area contributed by atoms with E-state index in [0.29, 0.717) is 21.5 Å². The summed E-state index contributed by atoms with van der Waals surface area (Å²) in [7, 11) is 0. The van der Waals surface area contributed by atoms with Crippen molar-refractivity contribution in [3.63, 3.8) is 0 Å². The van der Waals surface area contributed by atoms with E-state index in [-0.39, 0.29) is 16.9 Å². The second-order valence-corrected chi connectivity index (χ2v) is 9.33. The van der Waals surface area contributed by atoms with Gasteiger partial charge < -0.3 is 10.3 Å². The maximum Gasteiger partial charge on any atom is 0.416 e. The number of aromatic nitrogens is 2. The van der Waals surface area contributed by atoms with Crippen LogP contribution in [0.1, 0.15) is 36.8 Å². The molecule has 5 nitrogen and oxygen atoms in total. The highest BCUT2D eigenvalue weighted by Gasteiger charge is 2.32. The monoisotopic (exact) mass is 487 g/mol. The van der Waals surface area contributed by atoms with Gasteiger partial charge in [0.1, 0.15) is 5.69 Å². The maximum absolute atomic E-state index is 13.9. The second kappa shape index (κ2) is 8.36. The van der Waals surface area contributed by atoms with Gasteiger partial charge in [-0.2, -0.15) is 13.2 Å². The SMILES string of the molecule is CC(C)(C)NC(=O)c1c2[nH]ccc2c(-c2ccc(Cl)cc2)c(=O)n1-c1cccc(C(F)(F)F)c1. The quantitative estimate of drug-likeness (QED) is 0.362. The van der Waals surface area contributed by atoms with Crippen LogP contribution in [-0.4, -0.2) is 21.0 Å². The van der Waals surface area contributed by atoms with Crippen LogP contribution in [0.5, 0.6) is 0 Å². The second-order valence-electron chi connectivity index (χ2n) is 8.89. The van der Waals surface area contributed by atoms with Gasteiger partial charge in [-0.05, 0) is 62.7 Å². The van der Waals surface area contributed by atoms with Crippen molar-refractivity contribution >= 4 is 28.4 Å². The van der Waals surface area contributed by atoms with Crippen LogP contribution in [0.15, 0.2) is 65.6 Å². The smallest absolute Gasteiger partial charge is 0.359 e. The van der Waals surface area contributed by atoms with E-state index in [4.69, 9.17) is 11.6 Å². The van der Waals surface area contributed by atoms with Gasteiger partial charge >= 0.3 is 6.18 Å². The van der Waals surface area contributed by atoms with Gasteiger partial charge in [-0.1, -0.05) is 29.8 Å². The molecule has 34 heavy (non-hydrogen) atoms. The molecule has 176 valence electrons. The molecule has 9 heteroatoms. The standard InChI is InChI=1S/C25H21ClF3N3O2/c1-24(2,3)31-22(33)21-20-18(11-12-30-20)19(14-7-9-16(26)10-8-14)23(34)32(21)17-6-4-5-15(13-17)25(27,28)29/h4-13,30H,1-3H3,(H,31,33). The number of nitrogens with one attached hydrogen (secondary N) is 2. The summed E-state index contributed by atoms with van der Waals surface area (Å²) in [6.45, 7) is 5.31. The first kappa shape index (κ1) is 23.6. The summed E-state index contributed by atoms with van der Waals surface area (Å²) in [5, 5.41) is 3.74. The number of carbonyl (C=O) groups excluding carboxylic acids is 1. The van der Waals surface area contributed by atoms with Crippen molar-refractivity contribution in [3.05, 3.63) is 87.4 Å². The summed E-state index contributed by atoms with van der Waals surface area (Å²) < 4.78 is 41.4. The molecule has 2 heterocycles.